The van der Waals surface area contributed by atoms with E-state index in [1.807, 2.05) is 13.8 Å². The number of fused-ring (bicyclic) bond motifs is 1. The first kappa shape index (κ1) is 28.6. The highest BCUT2D eigenvalue weighted by Crippen LogP contribution is 2.32. The molecule has 206 valence electrons. The molecule has 1 aliphatic heterocycles. The van der Waals surface area contributed by atoms with Crippen molar-refractivity contribution in [1.29, 1.82) is 0 Å². The Morgan fingerprint density at radius 2 is 1.68 bits per heavy atom. The van der Waals surface area contributed by atoms with Gasteiger partial charge in [-0.1, -0.05) is 25.2 Å². The second kappa shape index (κ2) is 11.8. The van der Waals surface area contributed by atoms with Crippen LogP contribution in [0.3, 0.4) is 0 Å². The predicted octanol–water partition coefficient (Wildman–Crippen LogP) is 4.34. The standard InChI is InChI=1S/C26H33N3O6S3/c1-4-14-28(15-5-2)38(33,34)21-10-8-19(9-11-21)25(30)29(18-20-7-6-16-35-20)26-27-23-13-12-22(37(3,31)32)17-24(23)36-26/h8-13,17,20H,4-7,14-16,18H2,1-3H3. The van der Waals surface area contributed by atoms with Crippen LogP contribution in [0.1, 0.15) is 49.9 Å². The molecule has 2 heterocycles. The average Bonchev–Trinajstić information content (AvgIpc) is 3.55. The minimum atomic E-state index is -3.66. The first-order valence-corrected chi connectivity index (χ1v) is 16.8. The second-order valence-corrected chi connectivity index (χ2v) is 14.3. The normalized spacial score (nSPS) is 16.4. The summed E-state index contributed by atoms with van der Waals surface area (Å²) in [5.41, 5.74) is 0.923. The van der Waals surface area contributed by atoms with Crippen molar-refractivity contribution in [2.75, 3.05) is 37.4 Å². The van der Waals surface area contributed by atoms with Gasteiger partial charge < -0.3 is 4.74 Å². The number of ether oxygens (including phenoxy) is 1. The zero-order valence-electron chi connectivity index (χ0n) is 21.8. The molecule has 1 unspecified atom stereocenters. The van der Waals surface area contributed by atoms with Crippen molar-refractivity contribution in [3.63, 3.8) is 0 Å². The first-order valence-electron chi connectivity index (χ1n) is 12.7. The van der Waals surface area contributed by atoms with Crippen LogP contribution in [-0.4, -0.2) is 70.6 Å². The molecule has 0 aliphatic carbocycles. The van der Waals surface area contributed by atoms with Gasteiger partial charge in [-0.3, -0.25) is 9.69 Å². The number of aromatic nitrogens is 1. The lowest BCUT2D eigenvalue weighted by Gasteiger charge is -2.23. The van der Waals surface area contributed by atoms with Crippen molar-refractivity contribution < 1.29 is 26.4 Å². The SMILES string of the molecule is CCCN(CCC)S(=O)(=O)c1ccc(C(=O)N(CC2CCCO2)c2nc3ccc(S(C)(=O)=O)cc3s2)cc1. The van der Waals surface area contributed by atoms with Crippen molar-refractivity contribution in [3.05, 3.63) is 48.0 Å². The van der Waals surface area contributed by atoms with Crippen LogP contribution in [0.15, 0.2) is 52.3 Å². The van der Waals surface area contributed by atoms with E-state index in [4.69, 9.17) is 4.74 Å². The molecule has 9 nitrogen and oxygen atoms in total. The van der Waals surface area contributed by atoms with Crippen molar-refractivity contribution in [3.8, 4) is 0 Å². The van der Waals surface area contributed by atoms with E-state index in [0.29, 0.717) is 60.0 Å². The maximum Gasteiger partial charge on any atom is 0.260 e. The number of anilines is 1. The second-order valence-electron chi connectivity index (χ2n) is 9.38. The molecule has 2 aromatic carbocycles. The third-order valence-electron chi connectivity index (χ3n) is 6.35. The van der Waals surface area contributed by atoms with Gasteiger partial charge in [-0.15, -0.1) is 0 Å². The Morgan fingerprint density at radius 1 is 1.03 bits per heavy atom. The molecule has 0 N–H and O–H groups in total. The number of rotatable bonds is 11. The maximum absolute atomic E-state index is 13.7. The van der Waals surface area contributed by atoms with Crippen LogP contribution >= 0.6 is 11.3 Å². The minimum absolute atomic E-state index is 0.145. The molecule has 38 heavy (non-hydrogen) atoms. The minimum Gasteiger partial charge on any atom is -0.376 e. The summed E-state index contributed by atoms with van der Waals surface area (Å²) in [6, 6.07) is 10.7. The Morgan fingerprint density at radius 3 is 2.26 bits per heavy atom. The van der Waals surface area contributed by atoms with Crippen LogP contribution in [-0.2, 0) is 24.6 Å². The van der Waals surface area contributed by atoms with E-state index in [1.165, 1.54) is 46.0 Å². The number of carbonyl (C=O) groups is 1. The van der Waals surface area contributed by atoms with E-state index < -0.39 is 19.9 Å². The Balaban J connectivity index is 1.66. The van der Waals surface area contributed by atoms with Gasteiger partial charge in [0.05, 0.1) is 32.7 Å². The van der Waals surface area contributed by atoms with Gasteiger partial charge in [-0.05, 0) is 68.1 Å². The Hall–Kier alpha value is -2.38. The number of thiazole rings is 1. The molecule has 3 aromatic rings. The third kappa shape index (κ3) is 6.26. The quantitative estimate of drug-likeness (QED) is 0.332. The van der Waals surface area contributed by atoms with Crippen molar-refractivity contribution in [1.82, 2.24) is 9.29 Å². The fourth-order valence-electron chi connectivity index (χ4n) is 4.40. The van der Waals surface area contributed by atoms with Gasteiger partial charge in [0, 0.05) is 31.5 Å². The lowest BCUT2D eigenvalue weighted by atomic mass is 10.2. The number of hydrogen-bond donors (Lipinski definition) is 0. The third-order valence-corrected chi connectivity index (χ3v) is 10.4. The van der Waals surface area contributed by atoms with E-state index >= 15 is 0 Å². The Bertz CT molecular complexity index is 1490. The average molecular weight is 580 g/mol. The van der Waals surface area contributed by atoms with Gasteiger partial charge in [0.25, 0.3) is 5.91 Å². The van der Waals surface area contributed by atoms with Gasteiger partial charge in [-0.25, -0.2) is 21.8 Å². The summed E-state index contributed by atoms with van der Waals surface area (Å²) < 4.78 is 58.2. The zero-order valence-corrected chi connectivity index (χ0v) is 24.2. The molecule has 0 bridgehead atoms. The Labute approximate surface area is 228 Å². The van der Waals surface area contributed by atoms with Crippen LogP contribution in [0.25, 0.3) is 10.2 Å². The van der Waals surface area contributed by atoms with Gasteiger partial charge >= 0.3 is 0 Å². The molecule has 1 fully saturated rings. The summed E-state index contributed by atoms with van der Waals surface area (Å²) in [5, 5.41) is 0.430. The first-order chi connectivity index (χ1) is 18.0. The highest BCUT2D eigenvalue weighted by atomic mass is 32.2. The molecule has 1 amide bonds. The van der Waals surface area contributed by atoms with Gasteiger partial charge in [0.15, 0.2) is 15.0 Å². The van der Waals surface area contributed by atoms with Gasteiger partial charge in [0.1, 0.15) is 0 Å². The number of nitrogens with zero attached hydrogens (tertiary/aromatic N) is 3. The van der Waals surface area contributed by atoms with Crippen LogP contribution in [0.5, 0.6) is 0 Å². The van der Waals surface area contributed by atoms with E-state index in [2.05, 4.69) is 4.98 Å². The molecule has 4 rings (SSSR count). The number of hydrogen-bond acceptors (Lipinski definition) is 8. The number of sulfonamides is 1. The summed E-state index contributed by atoms with van der Waals surface area (Å²) >= 11 is 1.24. The molecule has 0 saturated carbocycles. The van der Waals surface area contributed by atoms with Crippen LogP contribution < -0.4 is 4.90 Å². The summed E-state index contributed by atoms with van der Waals surface area (Å²) in [6.45, 7) is 5.66. The molecule has 1 aliphatic rings. The molecule has 1 saturated heterocycles. The Kier molecular flexibility index (Phi) is 8.88. The monoisotopic (exact) mass is 579 g/mol. The largest absolute Gasteiger partial charge is 0.376 e. The van der Waals surface area contributed by atoms with E-state index in [1.54, 1.807) is 17.0 Å². The summed E-state index contributed by atoms with van der Waals surface area (Å²) in [4.78, 5) is 20.2. The molecular formula is C26H33N3O6S3. The summed E-state index contributed by atoms with van der Waals surface area (Å²) in [6.07, 6.45) is 4.15. The van der Waals surface area contributed by atoms with Crippen molar-refractivity contribution >= 4 is 52.5 Å². The van der Waals surface area contributed by atoms with E-state index in [0.717, 1.165) is 19.1 Å². The maximum atomic E-state index is 13.7. The van der Waals surface area contributed by atoms with E-state index in [-0.39, 0.29) is 21.8 Å². The smallest absolute Gasteiger partial charge is 0.260 e. The predicted molar refractivity (Wildman–Crippen MR) is 149 cm³/mol. The van der Waals surface area contributed by atoms with Gasteiger partial charge in [0.2, 0.25) is 10.0 Å². The molecule has 12 heteroatoms. The number of amides is 1. The fourth-order valence-corrected chi connectivity index (χ4v) is 7.76. The molecule has 1 atom stereocenters. The van der Waals surface area contributed by atoms with Crippen LogP contribution in [0.2, 0.25) is 0 Å². The molecule has 0 spiro atoms. The highest BCUT2D eigenvalue weighted by Gasteiger charge is 2.28. The molecule has 0 radical (unpaired) electrons. The zero-order chi connectivity index (χ0) is 27.5. The fraction of sp³-hybridized carbons (Fsp3) is 0.462. The number of carbonyl (C=O) groups excluding carboxylic acids is 1. The van der Waals surface area contributed by atoms with Crippen molar-refractivity contribution in [2.45, 2.75) is 55.4 Å². The highest BCUT2D eigenvalue weighted by molar-refractivity contribution is 7.90. The van der Waals surface area contributed by atoms with Crippen molar-refractivity contribution in [2.24, 2.45) is 0 Å². The molecular weight excluding hydrogens is 547 g/mol. The van der Waals surface area contributed by atoms with Crippen LogP contribution in [0.4, 0.5) is 5.13 Å². The summed E-state index contributed by atoms with van der Waals surface area (Å²) in [7, 11) is -7.05. The van der Waals surface area contributed by atoms with E-state index in [9.17, 15) is 21.6 Å². The number of benzene rings is 2. The lowest BCUT2D eigenvalue weighted by Crippen LogP contribution is -2.37. The number of sulfone groups is 1. The molecule has 1 aromatic heterocycles. The van der Waals surface area contributed by atoms with Crippen LogP contribution in [0, 0.1) is 0 Å². The lowest BCUT2D eigenvalue weighted by molar-refractivity contribution is 0.0917. The topological polar surface area (TPSA) is 114 Å². The van der Waals surface area contributed by atoms with Gasteiger partial charge in [-0.2, -0.15) is 4.31 Å². The summed E-state index contributed by atoms with van der Waals surface area (Å²) in [5.74, 6) is -0.328.